The number of hydrogen-bond acceptors (Lipinski definition) is 3. The lowest BCUT2D eigenvalue weighted by molar-refractivity contribution is -0.137. The van der Waals surface area contributed by atoms with E-state index in [4.69, 9.17) is 17.4 Å². The minimum atomic E-state index is -4.43. The highest BCUT2D eigenvalue weighted by Gasteiger charge is 2.34. The molecule has 2 aromatic carbocycles. The number of aliphatic imine (C=N–C) groups is 1. The van der Waals surface area contributed by atoms with Crippen LogP contribution in [0.4, 0.5) is 13.2 Å². The van der Waals surface area contributed by atoms with Crippen LogP contribution in [0.3, 0.4) is 0 Å². The third-order valence-electron chi connectivity index (χ3n) is 4.38. The number of nitrogens with two attached hydrogens (primary N) is 1. The summed E-state index contributed by atoms with van der Waals surface area (Å²) < 4.78 is 39.3. The van der Waals surface area contributed by atoms with Crippen molar-refractivity contribution in [2.45, 2.75) is 25.3 Å². The molecule has 0 amide bonds. The minimum absolute atomic E-state index is 0.320. The SMILES string of the molecule is CC1C(=CCl)C(c2cccc(C(F)(F)F)c2)=NC(c2ccccc2)N1N. The molecule has 26 heavy (non-hydrogen) atoms. The Kier molecular flexibility index (Phi) is 5.18. The van der Waals surface area contributed by atoms with Crippen molar-refractivity contribution in [2.75, 3.05) is 0 Å². The second-order valence-corrected chi connectivity index (χ2v) is 6.25. The standard InChI is InChI=1S/C19H17ClF3N3/c1-12-16(11-20)17(14-8-5-9-15(10-14)19(21,22)23)25-18(26(12)24)13-6-3-2-4-7-13/h2-12,18H,24H2,1H3. The summed E-state index contributed by atoms with van der Waals surface area (Å²) in [6, 6.07) is 14.1. The van der Waals surface area contributed by atoms with Crippen molar-refractivity contribution in [3.8, 4) is 0 Å². The lowest BCUT2D eigenvalue weighted by Crippen LogP contribution is -2.47. The maximum absolute atomic E-state index is 13.1. The molecule has 0 aromatic heterocycles. The lowest BCUT2D eigenvalue weighted by Gasteiger charge is -2.37. The fourth-order valence-corrected chi connectivity index (χ4v) is 3.22. The van der Waals surface area contributed by atoms with Gasteiger partial charge in [-0.25, -0.2) is 5.01 Å². The van der Waals surface area contributed by atoms with E-state index in [1.807, 2.05) is 37.3 Å². The van der Waals surface area contributed by atoms with Crippen LogP contribution in [0.2, 0.25) is 0 Å². The van der Waals surface area contributed by atoms with Crippen LogP contribution in [-0.2, 0) is 6.18 Å². The average molecular weight is 380 g/mol. The van der Waals surface area contributed by atoms with E-state index in [1.165, 1.54) is 11.6 Å². The highest BCUT2D eigenvalue weighted by molar-refractivity contribution is 6.29. The Balaban J connectivity index is 2.14. The van der Waals surface area contributed by atoms with Gasteiger partial charge in [-0.1, -0.05) is 54.1 Å². The number of halogens is 4. The molecule has 7 heteroatoms. The second-order valence-electron chi connectivity index (χ2n) is 6.03. The molecule has 2 aromatic rings. The fourth-order valence-electron chi connectivity index (χ4n) is 2.93. The largest absolute Gasteiger partial charge is 0.416 e. The third-order valence-corrected chi connectivity index (χ3v) is 4.62. The van der Waals surface area contributed by atoms with E-state index in [0.29, 0.717) is 16.8 Å². The molecule has 0 aliphatic carbocycles. The molecule has 136 valence electrons. The number of benzene rings is 2. The summed E-state index contributed by atoms with van der Waals surface area (Å²) >= 11 is 5.96. The highest BCUT2D eigenvalue weighted by Crippen LogP contribution is 2.34. The van der Waals surface area contributed by atoms with Crippen molar-refractivity contribution in [3.63, 3.8) is 0 Å². The molecule has 0 saturated carbocycles. The first-order valence-corrected chi connectivity index (χ1v) is 8.40. The second kappa shape index (κ2) is 7.23. The topological polar surface area (TPSA) is 41.6 Å². The highest BCUT2D eigenvalue weighted by atomic mass is 35.5. The zero-order valence-corrected chi connectivity index (χ0v) is 14.7. The average Bonchev–Trinajstić information content (AvgIpc) is 2.64. The van der Waals surface area contributed by atoms with E-state index in [9.17, 15) is 13.2 Å². The Morgan fingerprint density at radius 1 is 1.12 bits per heavy atom. The van der Waals surface area contributed by atoms with Crippen molar-refractivity contribution >= 4 is 17.3 Å². The van der Waals surface area contributed by atoms with E-state index in [2.05, 4.69) is 4.99 Å². The Morgan fingerprint density at radius 3 is 2.42 bits per heavy atom. The number of alkyl halides is 3. The first-order chi connectivity index (χ1) is 12.3. The van der Waals surface area contributed by atoms with Crippen molar-refractivity contribution in [2.24, 2.45) is 10.8 Å². The van der Waals surface area contributed by atoms with Crippen LogP contribution in [-0.4, -0.2) is 16.8 Å². The van der Waals surface area contributed by atoms with Crippen LogP contribution < -0.4 is 5.84 Å². The van der Waals surface area contributed by atoms with Gasteiger partial charge in [-0.2, -0.15) is 13.2 Å². The quantitative estimate of drug-likeness (QED) is 0.754. The monoisotopic (exact) mass is 379 g/mol. The van der Waals surface area contributed by atoms with Gasteiger partial charge in [-0.05, 0) is 24.6 Å². The number of hydrogen-bond donors (Lipinski definition) is 1. The normalized spacial score (nSPS) is 23.2. The van der Waals surface area contributed by atoms with E-state index >= 15 is 0 Å². The number of hydrazine groups is 1. The summed E-state index contributed by atoms with van der Waals surface area (Å²) in [5, 5.41) is 1.54. The van der Waals surface area contributed by atoms with Crippen LogP contribution in [0.5, 0.6) is 0 Å². The Labute approximate surface area is 154 Å². The Morgan fingerprint density at radius 2 is 1.81 bits per heavy atom. The van der Waals surface area contributed by atoms with Gasteiger partial charge in [-0.3, -0.25) is 10.8 Å². The van der Waals surface area contributed by atoms with E-state index < -0.39 is 17.9 Å². The summed E-state index contributed by atoms with van der Waals surface area (Å²) in [6.45, 7) is 1.84. The van der Waals surface area contributed by atoms with Crippen LogP contribution >= 0.6 is 11.6 Å². The third kappa shape index (κ3) is 3.53. The van der Waals surface area contributed by atoms with E-state index in [0.717, 1.165) is 17.7 Å². The van der Waals surface area contributed by atoms with Gasteiger partial charge in [0.2, 0.25) is 0 Å². The molecule has 1 aliphatic heterocycles. The maximum Gasteiger partial charge on any atom is 0.416 e. The molecular weight excluding hydrogens is 363 g/mol. The molecule has 2 N–H and O–H groups in total. The molecule has 3 rings (SSSR count). The van der Waals surface area contributed by atoms with Gasteiger partial charge in [0, 0.05) is 16.7 Å². The molecular formula is C19H17ClF3N3. The molecule has 0 spiro atoms. The molecule has 0 radical (unpaired) electrons. The lowest BCUT2D eigenvalue weighted by atomic mass is 9.93. The van der Waals surface area contributed by atoms with Crippen molar-refractivity contribution in [1.82, 2.24) is 5.01 Å². The van der Waals surface area contributed by atoms with Gasteiger partial charge >= 0.3 is 6.18 Å². The Hall–Kier alpha value is -2.15. The molecule has 1 aliphatic rings. The van der Waals surface area contributed by atoms with Crippen LogP contribution in [0.15, 0.2) is 70.7 Å². The molecule has 0 saturated heterocycles. The van der Waals surface area contributed by atoms with Gasteiger partial charge in [0.1, 0.15) is 6.17 Å². The van der Waals surface area contributed by atoms with E-state index in [1.54, 1.807) is 11.1 Å². The molecule has 0 fully saturated rings. The minimum Gasteiger partial charge on any atom is -0.266 e. The van der Waals surface area contributed by atoms with Crippen molar-refractivity contribution < 1.29 is 13.2 Å². The molecule has 0 bridgehead atoms. The predicted molar refractivity (Wildman–Crippen MR) is 96.6 cm³/mol. The van der Waals surface area contributed by atoms with Crippen molar-refractivity contribution in [1.29, 1.82) is 0 Å². The van der Waals surface area contributed by atoms with Gasteiger partial charge in [0.15, 0.2) is 0 Å². The molecule has 2 unspecified atom stereocenters. The first-order valence-electron chi connectivity index (χ1n) is 7.97. The zero-order chi connectivity index (χ0) is 18.9. The molecule has 3 nitrogen and oxygen atoms in total. The maximum atomic E-state index is 13.1. The fraction of sp³-hybridized carbons (Fsp3) is 0.211. The first kappa shape index (κ1) is 18.6. The summed E-state index contributed by atoms with van der Waals surface area (Å²) in [5.41, 5.74) is 2.78. The Bertz CT molecular complexity index is 847. The summed E-state index contributed by atoms with van der Waals surface area (Å²) in [4.78, 5) is 4.63. The van der Waals surface area contributed by atoms with Gasteiger partial charge in [0.05, 0.1) is 17.3 Å². The summed E-state index contributed by atoms with van der Waals surface area (Å²) in [6.07, 6.45) is -4.95. The molecule has 1 heterocycles. The summed E-state index contributed by atoms with van der Waals surface area (Å²) in [5.74, 6) is 6.21. The van der Waals surface area contributed by atoms with Crippen LogP contribution in [0, 0.1) is 0 Å². The predicted octanol–water partition coefficient (Wildman–Crippen LogP) is 4.89. The number of nitrogens with zero attached hydrogens (tertiary/aromatic N) is 2. The van der Waals surface area contributed by atoms with Gasteiger partial charge in [-0.15, -0.1) is 0 Å². The van der Waals surface area contributed by atoms with Gasteiger partial charge in [0.25, 0.3) is 0 Å². The van der Waals surface area contributed by atoms with E-state index in [-0.39, 0.29) is 6.04 Å². The smallest absolute Gasteiger partial charge is 0.266 e. The zero-order valence-electron chi connectivity index (χ0n) is 13.9. The van der Waals surface area contributed by atoms with Gasteiger partial charge < -0.3 is 0 Å². The summed E-state index contributed by atoms with van der Waals surface area (Å²) in [7, 11) is 0. The number of rotatable bonds is 2. The van der Waals surface area contributed by atoms with Crippen LogP contribution in [0.25, 0.3) is 0 Å². The van der Waals surface area contributed by atoms with Crippen LogP contribution in [0.1, 0.15) is 29.8 Å². The molecule has 2 atom stereocenters. The van der Waals surface area contributed by atoms with Crippen molar-refractivity contribution in [3.05, 3.63) is 82.4 Å².